The Labute approximate surface area is 178 Å². The molecule has 1 saturated heterocycles. The van der Waals surface area contributed by atoms with E-state index < -0.39 is 17.9 Å². The fourth-order valence-corrected chi connectivity index (χ4v) is 3.83. The van der Waals surface area contributed by atoms with Crippen LogP contribution in [-0.2, 0) is 9.59 Å². The van der Waals surface area contributed by atoms with Crippen molar-refractivity contribution in [1.29, 1.82) is 0 Å². The van der Waals surface area contributed by atoms with E-state index in [1.54, 1.807) is 4.90 Å². The van der Waals surface area contributed by atoms with Crippen LogP contribution in [0.4, 0.5) is 5.69 Å². The molecule has 1 aromatic carbocycles. The van der Waals surface area contributed by atoms with Gasteiger partial charge in [-0.2, -0.15) is 0 Å². The van der Waals surface area contributed by atoms with Crippen molar-refractivity contribution < 1.29 is 24.6 Å². The predicted octanol–water partition coefficient (Wildman–Crippen LogP) is 2.04. The van der Waals surface area contributed by atoms with Gasteiger partial charge in [0.1, 0.15) is 11.9 Å². The number of carbonyl (C=O) groups excluding carboxylic acids is 2. The summed E-state index contributed by atoms with van der Waals surface area (Å²) in [6.07, 6.45) is -0.257. The lowest BCUT2D eigenvalue weighted by Gasteiger charge is -2.42. The van der Waals surface area contributed by atoms with Crippen molar-refractivity contribution >= 4 is 17.5 Å². The third kappa shape index (κ3) is 6.09. The Hall–Kier alpha value is -2.32. The first-order valence-electron chi connectivity index (χ1n) is 10.7. The third-order valence-corrected chi connectivity index (χ3v) is 5.39. The number of piperazine rings is 1. The standard InChI is InChI=1S/C22H35N3O5/c1-5-12-30-18-8-6-17(7-9-18)24-10-11-25(16(4)14-24)22(28)19(13-15(2)3)20(26)21(27)23-29/h6-9,15-16,19-20,26,29H,5,10-14H2,1-4H3,(H,23,27)/t16-,19?,20?/m1/s1. The van der Waals surface area contributed by atoms with Crippen LogP contribution in [0.15, 0.2) is 24.3 Å². The Kier molecular flexibility index (Phi) is 8.92. The summed E-state index contributed by atoms with van der Waals surface area (Å²) in [6.45, 7) is 10.4. The summed E-state index contributed by atoms with van der Waals surface area (Å²) in [5.41, 5.74) is 2.52. The van der Waals surface area contributed by atoms with Gasteiger partial charge in [-0.15, -0.1) is 0 Å². The first-order chi connectivity index (χ1) is 14.3. The maximum atomic E-state index is 13.2. The number of rotatable bonds is 9. The summed E-state index contributed by atoms with van der Waals surface area (Å²) < 4.78 is 5.63. The maximum absolute atomic E-state index is 13.2. The van der Waals surface area contributed by atoms with Gasteiger partial charge in [-0.1, -0.05) is 20.8 Å². The van der Waals surface area contributed by atoms with E-state index in [1.165, 1.54) is 5.48 Å². The number of ether oxygens (including phenoxy) is 1. The zero-order valence-electron chi connectivity index (χ0n) is 18.4. The smallest absolute Gasteiger partial charge is 0.272 e. The Morgan fingerprint density at radius 1 is 1.23 bits per heavy atom. The molecule has 2 unspecified atom stereocenters. The second-order valence-corrected chi connectivity index (χ2v) is 8.33. The lowest BCUT2D eigenvalue weighted by molar-refractivity contribution is -0.152. The molecule has 1 aromatic rings. The Morgan fingerprint density at radius 3 is 2.43 bits per heavy atom. The quantitative estimate of drug-likeness (QED) is 0.417. The molecular formula is C22H35N3O5. The molecule has 1 aliphatic heterocycles. The fourth-order valence-electron chi connectivity index (χ4n) is 3.83. The number of carbonyl (C=O) groups is 2. The van der Waals surface area contributed by atoms with Gasteiger partial charge in [-0.3, -0.25) is 14.8 Å². The van der Waals surface area contributed by atoms with Crippen molar-refractivity contribution in [2.75, 3.05) is 31.1 Å². The first-order valence-corrected chi connectivity index (χ1v) is 10.7. The summed E-state index contributed by atoms with van der Waals surface area (Å²) in [5, 5.41) is 19.1. The van der Waals surface area contributed by atoms with Crippen molar-refractivity contribution in [2.24, 2.45) is 11.8 Å². The third-order valence-electron chi connectivity index (χ3n) is 5.39. The van der Waals surface area contributed by atoms with Gasteiger partial charge in [0.15, 0.2) is 0 Å². The number of anilines is 1. The molecule has 1 fully saturated rings. The molecule has 0 aliphatic carbocycles. The van der Waals surface area contributed by atoms with Crippen molar-refractivity contribution in [3.8, 4) is 5.75 Å². The topological polar surface area (TPSA) is 102 Å². The maximum Gasteiger partial charge on any atom is 0.272 e. The van der Waals surface area contributed by atoms with E-state index in [0.717, 1.165) is 17.9 Å². The van der Waals surface area contributed by atoms with Gasteiger partial charge < -0.3 is 19.6 Å². The molecule has 30 heavy (non-hydrogen) atoms. The monoisotopic (exact) mass is 421 g/mol. The van der Waals surface area contributed by atoms with Crippen LogP contribution in [0.3, 0.4) is 0 Å². The van der Waals surface area contributed by atoms with Crippen molar-refractivity contribution in [1.82, 2.24) is 10.4 Å². The van der Waals surface area contributed by atoms with Gasteiger partial charge >= 0.3 is 0 Å². The molecule has 8 nitrogen and oxygen atoms in total. The van der Waals surface area contributed by atoms with Crippen LogP contribution < -0.4 is 15.1 Å². The van der Waals surface area contributed by atoms with E-state index in [4.69, 9.17) is 9.94 Å². The summed E-state index contributed by atoms with van der Waals surface area (Å²) >= 11 is 0. The first kappa shape index (κ1) is 24.0. The number of nitrogens with zero attached hydrogens (tertiary/aromatic N) is 2. The van der Waals surface area contributed by atoms with Gasteiger partial charge in [0, 0.05) is 31.4 Å². The molecule has 3 N–H and O–H groups in total. The number of aliphatic hydroxyl groups is 1. The van der Waals surface area contributed by atoms with E-state index in [1.807, 2.05) is 45.0 Å². The summed E-state index contributed by atoms with van der Waals surface area (Å²) in [6, 6.07) is 7.87. The molecule has 168 valence electrons. The zero-order valence-corrected chi connectivity index (χ0v) is 18.4. The van der Waals surface area contributed by atoms with Gasteiger partial charge in [0.25, 0.3) is 5.91 Å². The summed E-state index contributed by atoms with van der Waals surface area (Å²) in [5.74, 6) is -1.14. The van der Waals surface area contributed by atoms with E-state index in [2.05, 4.69) is 11.8 Å². The van der Waals surface area contributed by atoms with Gasteiger partial charge in [-0.05, 0) is 49.9 Å². The highest BCUT2D eigenvalue weighted by Gasteiger charge is 2.38. The minimum absolute atomic E-state index is 0.0821. The number of benzene rings is 1. The fraction of sp³-hybridized carbons (Fsp3) is 0.636. The molecule has 0 spiro atoms. The zero-order chi connectivity index (χ0) is 22.3. The van der Waals surface area contributed by atoms with E-state index >= 15 is 0 Å². The Morgan fingerprint density at radius 2 is 1.90 bits per heavy atom. The van der Waals surface area contributed by atoms with Crippen LogP contribution in [0.25, 0.3) is 0 Å². The second kappa shape index (κ2) is 11.2. The Bertz CT molecular complexity index is 695. The average Bonchev–Trinajstić information content (AvgIpc) is 2.74. The minimum Gasteiger partial charge on any atom is -0.494 e. The van der Waals surface area contributed by atoms with Crippen LogP contribution >= 0.6 is 0 Å². The summed E-state index contributed by atoms with van der Waals surface area (Å²) in [7, 11) is 0. The lowest BCUT2D eigenvalue weighted by atomic mass is 9.89. The van der Waals surface area contributed by atoms with Crippen LogP contribution in [0.5, 0.6) is 5.75 Å². The van der Waals surface area contributed by atoms with E-state index in [0.29, 0.717) is 32.7 Å². The number of hydrogen-bond acceptors (Lipinski definition) is 6. The molecule has 0 radical (unpaired) electrons. The van der Waals surface area contributed by atoms with E-state index in [9.17, 15) is 14.7 Å². The predicted molar refractivity (Wildman–Crippen MR) is 114 cm³/mol. The van der Waals surface area contributed by atoms with Crippen molar-refractivity contribution in [3.63, 3.8) is 0 Å². The van der Waals surface area contributed by atoms with Crippen molar-refractivity contribution in [2.45, 2.75) is 52.7 Å². The highest BCUT2D eigenvalue weighted by atomic mass is 16.5. The largest absolute Gasteiger partial charge is 0.494 e. The highest BCUT2D eigenvalue weighted by molar-refractivity contribution is 5.89. The SMILES string of the molecule is CCCOc1ccc(N2CCN(C(=O)C(CC(C)C)C(O)C(=O)NO)[C@H](C)C2)cc1. The van der Waals surface area contributed by atoms with Crippen LogP contribution in [0.2, 0.25) is 0 Å². The summed E-state index contributed by atoms with van der Waals surface area (Å²) in [4.78, 5) is 28.8. The van der Waals surface area contributed by atoms with Crippen LogP contribution in [-0.4, -0.2) is 65.4 Å². The molecule has 3 atom stereocenters. The molecule has 0 bridgehead atoms. The number of hydrogen-bond donors (Lipinski definition) is 3. The second-order valence-electron chi connectivity index (χ2n) is 8.33. The number of hydroxylamine groups is 1. The number of nitrogens with one attached hydrogen (secondary N) is 1. The van der Waals surface area contributed by atoms with Gasteiger partial charge in [0.05, 0.1) is 12.5 Å². The number of amides is 2. The molecule has 1 aliphatic rings. The lowest BCUT2D eigenvalue weighted by Crippen LogP contribution is -2.57. The average molecular weight is 422 g/mol. The molecule has 2 rings (SSSR count). The molecule has 2 amide bonds. The van der Waals surface area contributed by atoms with Crippen LogP contribution in [0, 0.1) is 11.8 Å². The molecule has 8 heteroatoms. The van der Waals surface area contributed by atoms with Gasteiger partial charge in [-0.25, -0.2) is 5.48 Å². The van der Waals surface area contributed by atoms with Crippen molar-refractivity contribution in [3.05, 3.63) is 24.3 Å². The molecule has 0 saturated carbocycles. The number of aliphatic hydroxyl groups excluding tert-OH is 1. The molecule has 0 aromatic heterocycles. The molecular weight excluding hydrogens is 386 g/mol. The Balaban J connectivity index is 2.05. The highest BCUT2D eigenvalue weighted by Crippen LogP contribution is 2.25. The minimum atomic E-state index is -1.58. The van der Waals surface area contributed by atoms with E-state index in [-0.39, 0.29) is 17.9 Å². The van der Waals surface area contributed by atoms with Gasteiger partial charge in [0.2, 0.25) is 5.91 Å². The van der Waals surface area contributed by atoms with Crippen LogP contribution in [0.1, 0.15) is 40.5 Å². The normalized spacial score (nSPS) is 18.8. The molecule has 1 heterocycles.